The molecule has 2 aromatic rings. The van der Waals surface area contributed by atoms with Crippen molar-refractivity contribution in [3.63, 3.8) is 0 Å². The second-order valence-electron chi connectivity index (χ2n) is 4.73. The molecule has 0 aromatic carbocycles. The fourth-order valence-corrected chi connectivity index (χ4v) is 2.91. The molecule has 0 saturated carbocycles. The number of hydrogen-bond acceptors (Lipinski definition) is 5. The number of rotatable bonds is 5. The Labute approximate surface area is 122 Å². The number of hydrogen-bond donors (Lipinski definition) is 0. The highest BCUT2D eigenvalue weighted by atomic mass is 35.5. The summed E-state index contributed by atoms with van der Waals surface area (Å²) in [5, 5.41) is 1.35. The minimum absolute atomic E-state index is 0.241. The Bertz CT molecular complexity index is 570. The van der Waals surface area contributed by atoms with Crippen molar-refractivity contribution in [2.75, 3.05) is 25.1 Å². The van der Waals surface area contributed by atoms with Gasteiger partial charge in [0.1, 0.15) is 10.6 Å². The number of aryl methyl sites for hydroxylation is 1. The number of thiophene rings is 1. The third-order valence-electron chi connectivity index (χ3n) is 2.71. The molecule has 0 unspecified atom stereocenters. The highest BCUT2D eigenvalue weighted by molar-refractivity contribution is 7.18. The van der Waals surface area contributed by atoms with Crippen molar-refractivity contribution in [2.45, 2.75) is 26.9 Å². The van der Waals surface area contributed by atoms with E-state index in [1.165, 1.54) is 4.88 Å². The maximum absolute atomic E-state index is 5.99. The average Bonchev–Trinajstić information content (AvgIpc) is 2.67. The van der Waals surface area contributed by atoms with Gasteiger partial charge < -0.3 is 9.64 Å². The highest BCUT2D eigenvalue weighted by Gasteiger charge is 2.13. The first-order valence-corrected chi connectivity index (χ1v) is 7.43. The quantitative estimate of drug-likeness (QED) is 0.792. The first-order chi connectivity index (χ1) is 8.97. The van der Waals surface area contributed by atoms with Crippen molar-refractivity contribution < 1.29 is 4.74 Å². The van der Waals surface area contributed by atoms with E-state index in [9.17, 15) is 0 Å². The van der Waals surface area contributed by atoms with E-state index >= 15 is 0 Å². The van der Waals surface area contributed by atoms with Crippen LogP contribution in [-0.4, -0.2) is 36.3 Å². The molecule has 6 heteroatoms. The van der Waals surface area contributed by atoms with Gasteiger partial charge in [0, 0.05) is 18.5 Å². The van der Waals surface area contributed by atoms with Gasteiger partial charge in [0.2, 0.25) is 5.28 Å². The van der Waals surface area contributed by atoms with Crippen LogP contribution in [0.5, 0.6) is 0 Å². The second kappa shape index (κ2) is 6.03. The van der Waals surface area contributed by atoms with E-state index in [0.717, 1.165) is 22.6 Å². The zero-order chi connectivity index (χ0) is 14.0. The molecule has 104 valence electrons. The van der Waals surface area contributed by atoms with Crippen molar-refractivity contribution >= 4 is 39.0 Å². The molecule has 0 radical (unpaired) electrons. The lowest BCUT2D eigenvalue weighted by atomic mass is 10.3. The highest BCUT2D eigenvalue weighted by Crippen LogP contribution is 2.31. The summed E-state index contributed by atoms with van der Waals surface area (Å²) in [6, 6.07) is 2.10. The summed E-state index contributed by atoms with van der Waals surface area (Å²) in [6.07, 6.45) is 0.241. The molecule has 0 aliphatic heterocycles. The van der Waals surface area contributed by atoms with E-state index in [2.05, 4.69) is 27.9 Å². The molecule has 2 rings (SSSR count). The summed E-state index contributed by atoms with van der Waals surface area (Å²) in [7, 11) is 1.99. The van der Waals surface area contributed by atoms with E-state index in [1.807, 2.05) is 20.9 Å². The van der Waals surface area contributed by atoms with E-state index in [-0.39, 0.29) is 6.10 Å². The van der Waals surface area contributed by atoms with Crippen LogP contribution in [-0.2, 0) is 4.74 Å². The molecule has 0 N–H and O–H groups in total. The predicted octanol–water partition coefficient (Wildman–Crippen LogP) is 3.51. The monoisotopic (exact) mass is 299 g/mol. The van der Waals surface area contributed by atoms with Gasteiger partial charge in [0.15, 0.2) is 0 Å². The molecular formula is C13H18ClN3OS. The van der Waals surface area contributed by atoms with Gasteiger partial charge in [-0.25, -0.2) is 4.98 Å². The average molecular weight is 300 g/mol. The first kappa shape index (κ1) is 14.5. The lowest BCUT2D eigenvalue weighted by Gasteiger charge is -2.19. The molecule has 0 fully saturated rings. The maximum Gasteiger partial charge on any atom is 0.225 e. The number of aromatic nitrogens is 2. The van der Waals surface area contributed by atoms with Gasteiger partial charge in [0.05, 0.1) is 18.1 Å². The summed E-state index contributed by atoms with van der Waals surface area (Å²) in [5.41, 5.74) is 0. The summed E-state index contributed by atoms with van der Waals surface area (Å²) >= 11 is 7.62. The van der Waals surface area contributed by atoms with Crippen LogP contribution >= 0.6 is 22.9 Å². The molecule has 0 bridgehead atoms. The number of ether oxygens (including phenoxy) is 1. The Hall–Kier alpha value is -0.910. The zero-order valence-electron chi connectivity index (χ0n) is 11.6. The Morgan fingerprint density at radius 2 is 2.16 bits per heavy atom. The Balaban J connectivity index is 2.22. The van der Waals surface area contributed by atoms with E-state index in [1.54, 1.807) is 11.3 Å². The molecule has 0 atom stereocenters. The SMILES string of the molecule is Cc1cc2c(N(C)CCOC(C)C)nc(Cl)nc2s1. The topological polar surface area (TPSA) is 38.2 Å². The largest absolute Gasteiger partial charge is 0.377 e. The standard InChI is InChI=1S/C13H18ClN3OS/c1-8(2)18-6-5-17(4)11-10-7-9(3)19-12(10)16-13(14)15-11/h7-8H,5-6H2,1-4H3. The third kappa shape index (κ3) is 3.55. The summed E-state index contributed by atoms with van der Waals surface area (Å²) in [4.78, 5) is 12.8. The zero-order valence-corrected chi connectivity index (χ0v) is 13.2. The van der Waals surface area contributed by atoms with Crippen LogP contribution in [0, 0.1) is 6.92 Å². The maximum atomic E-state index is 5.99. The Kier molecular flexibility index (Phi) is 4.60. The lowest BCUT2D eigenvalue weighted by Crippen LogP contribution is -2.25. The van der Waals surface area contributed by atoms with Gasteiger partial charge >= 0.3 is 0 Å². The molecule has 0 aliphatic rings. The van der Waals surface area contributed by atoms with Crippen LogP contribution in [0.2, 0.25) is 5.28 Å². The van der Waals surface area contributed by atoms with Crippen LogP contribution in [0.1, 0.15) is 18.7 Å². The fraction of sp³-hybridized carbons (Fsp3) is 0.538. The molecule has 0 saturated heterocycles. The lowest BCUT2D eigenvalue weighted by molar-refractivity contribution is 0.0845. The smallest absolute Gasteiger partial charge is 0.225 e. The fourth-order valence-electron chi connectivity index (χ4n) is 1.82. The normalized spacial score (nSPS) is 11.5. The molecule has 0 aliphatic carbocycles. The van der Waals surface area contributed by atoms with Gasteiger partial charge in [-0.1, -0.05) is 0 Å². The van der Waals surface area contributed by atoms with Crippen LogP contribution < -0.4 is 4.90 Å². The van der Waals surface area contributed by atoms with Crippen LogP contribution in [0.25, 0.3) is 10.2 Å². The van der Waals surface area contributed by atoms with Crippen molar-refractivity contribution in [2.24, 2.45) is 0 Å². The molecule has 19 heavy (non-hydrogen) atoms. The van der Waals surface area contributed by atoms with Gasteiger partial charge in [-0.2, -0.15) is 4.98 Å². The number of halogens is 1. The van der Waals surface area contributed by atoms with Gasteiger partial charge in [-0.15, -0.1) is 11.3 Å². The molecule has 2 heterocycles. The van der Waals surface area contributed by atoms with Crippen molar-refractivity contribution in [3.05, 3.63) is 16.2 Å². The summed E-state index contributed by atoms with van der Waals surface area (Å²) in [6.45, 7) is 7.56. The summed E-state index contributed by atoms with van der Waals surface area (Å²) < 4.78 is 5.57. The van der Waals surface area contributed by atoms with Crippen LogP contribution in [0.3, 0.4) is 0 Å². The Morgan fingerprint density at radius 3 is 2.84 bits per heavy atom. The van der Waals surface area contributed by atoms with E-state index < -0.39 is 0 Å². The Morgan fingerprint density at radius 1 is 1.42 bits per heavy atom. The number of anilines is 1. The van der Waals surface area contributed by atoms with Crippen LogP contribution in [0.15, 0.2) is 6.07 Å². The van der Waals surface area contributed by atoms with Crippen molar-refractivity contribution in [1.29, 1.82) is 0 Å². The van der Waals surface area contributed by atoms with Crippen molar-refractivity contribution in [3.8, 4) is 0 Å². The number of likely N-dealkylation sites (N-methyl/N-ethyl adjacent to an activating group) is 1. The van der Waals surface area contributed by atoms with Crippen molar-refractivity contribution in [1.82, 2.24) is 9.97 Å². The van der Waals surface area contributed by atoms with Gasteiger partial charge in [-0.05, 0) is 38.4 Å². The predicted molar refractivity (Wildman–Crippen MR) is 81.5 cm³/mol. The summed E-state index contributed by atoms with van der Waals surface area (Å²) in [5.74, 6) is 0.867. The minimum atomic E-state index is 0.241. The molecular weight excluding hydrogens is 282 g/mol. The van der Waals surface area contributed by atoms with Crippen LogP contribution in [0.4, 0.5) is 5.82 Å². The van der Waals surface area contributed by atoms with Gasteiger partial charge in [-0.3, -0.25) is 0 Å². The third-order valence-corrected chi connectivity index (χ3v) is 3.82. The second-order valence-corrected chi connectivity index (χ2v) is 6.31. The first-order valence-electron chi connectivity index (χ1n) is 6.24. The molecule has 2 aromatic heterocycles. The minimum Gasteiger partial charge on any atom is -0.377 e. The number of fused-ring (bicyclic) bond motifs is 1. The molecule has 4 nitrogen and oxygen atoms in total. The van der Waals surface area contributed by atoms with Gasteiger partial charge in [0.25, 0.3) is 0 Å². The molecule has 0 spiro atoms. The van der Waals surface area contributed by atoms with E-state index in [4.69, 9.17) is 16.3 Å². The number of nitrogens with zero attached hydrogens (tertiary/aromatic N) is 3. The van der Waals surface area contributed by atoms with E-state index in [0.29, 0.717) is 11.9 Å². The molecule has 0 amide bonds.